The number of halogens is 3. The fraction of sp³-hybridized carbons (Fsp3) is 0.600. The van der Waals surface area contributed by atoms with Crippen molar-refractivity contribution in [2.45, 2.75) is 6.92 Å². The van der Waals surface area contributed by atoms with Gasteiger partial charge in [0.15, 0.2) is 0 Å². The molecule has 0 atom stereocenters. The van der Waals surface area contributed by atoms with E-state index in [2.05, 4.69) is 13.0 Å². The van der Waals surface area contributed by atoms with Crippen LogP contribution in [0.4, 0.5) is 0 Å². The molecule has 0 fully saturated rings. The molecule has 0 N–H and O–H groups in total. The van der Waals surface area contributed by atoms with Crippen LogP contribution < -0.4 is 12.4 Å². The smallest absolute Gasteiger partial charge is 0.219 e. The number of hydrogen-bond donors (Lipinski definition) is 0. The summed E-state index contributed by atoms with van der Waals surface area (Å²) in [6.07, 6.45) is 3.99. The highest BCUT2D eigenvalue weighted by Crippen LogP contribution is 2.72. The molecule has 0 radical (unpaired) electrons. The quantitative estimate of drug-likeness (QED) is 0.394. The zero-order valence-corrected chi connectivity index (χ0v) is 8.23. The van der Waals surface area contributed by atoms with Crippen molar-refractivity contribution in [1.82, 2.24) is 0 Å². The van der Waals surface area contributed by atoms with Crippen molar-refractivity contribution in [2.75, 3.05) is 12.3 Å². The van der Waals surface area contributed by atoms with Crippen LogP contribution in [0.15, 0.2) is 11.6 Å². The van der Waals surface area contributed by atoms with Crippen molar-refractivity contribution in [3.8, 4) is 0 Å². The normalized spacial score (nSPS) is 22.8. The highest BCUT2D eigenvalue weighted by atomic mass is 35.9. The summed E-state index contributed by atoms with van der Waals surface area (Å²) in [5, 5.41) is 0. The van der Waals surface area contributed by atoms with Crippen LogP contribution in [0, 0.1) is 0 Å². The lowest BCUT2D eigenvalue weighted by atomic mass is 10.3. The van der Waals surface area contributed by atoms with Gasteiger partial charge in [0.05, 0.1) is 0 Å². The molecular formula is C5H8Cl3P. The second-order valence-electron chi connectivity index (χ2n) is 2.16. The molecule has 0 unspecified atom stereocenters. The molecule has 0 nitrogen and oxygen atoms in total. The Morgan fingerprint density at radius 2 is 2.11 bits per heavy atom. The maximum atomic E-state index is 5.89. The lowest BCUT2D eigenvalue weighted by molar-refractivity contribution is -0.00000160. The van der Waals surface area contributed by atoms with Crippen LogP contribution in [-0.2, 0) is 0 Å². The first-order valence-electron chi connectivity index (χ1n) is 2.52. The van der Waals surface area contributed by atoms with Gasteiger partial charge in [0.1, 0.15) is 34.8 Å². The Balaban J connectivity index is 0.000000640. The maximum Gasteiger partial charge on any atom is 0.219 e. The van der Waals surface area contributed by atoms with Crippen molar-refractivity contribution >= 4 is 28.4 Å². The van der Waals surface area contributed by atoms with Crippen LogP contribution in [0.1, 0.15) is 6.92 Å². The maximum absolute atomic E-state index is 5.89. The molecule has 0 saturated heterocycles. The minimum Gasteiger partial charge on any atom is -1.00 e. The summed E-state index contributed by atoms with van der Waals surface area (Å²) in [6, 6.07) is 0. The third-order valence-corrected chi connectivity index (χ3v) is 4.41. The summed E-state index contributed by atoms with van der Waals surface area (Å²) >= 11 is 11.8. The highest BCUT2D eigenvalue weighted by Gasteiger charge is 2.37. The number of allylic oxidation sites excluding steroid dienone is 2. The molecule has 0 aliphatic carbocycles. The lowest BCUT2D eigenvalue weighted by Gasteiger charge is -1.97. The van der Waals surface area contributed by atoms with E-state index in [1.54, 1.807) is 0 Å². The van der Waals surface area contributed by atoms with Gasteiger partial charge in [0.25, 0.3) is 0 Å². The molecule has 1 aliphatic heterocycles. The molecular weight excluding hydrogens is 197 g/mol. The first-order chi connectivity index (χ1) is 3.60. The Labute approximate surface area is 71.9 Å². The second kappa shape index (κ2) is 3.44. The van der Waals surface area contributed by atoms with Crippen LogP contribution in [0.2, 0.25) is 0 Å². The molecule has 9 heavy (non-hydrogen) atoms. The van der Waals surface area contributed by atoms with Gasteiger partial charge in [-0.05, 0) is 18.6 Å². The van der Waals surface area contributed by atoms with Crippen LogP contribution in [0.25, 0.3) is 0 Å². The van der Waals surface area contributed by atoms with E-state index in [1.165, 1.54) is 5.57 Å². The van der Waals surface area contributed by atoms with Gasteiger partial charge in [0, 0.05) is 0 Å². The second-order valence-corrected chi connectivity index (χ2v) is 8.77. The standard InChI is InChI=1S/C5H8Cl2P.ClH/c1-5-2-3-8(6,7)4-5;/h2H,3-4H2,1H3;1H/q+1;/p-1. The minimum absolute atomic E-state index is 0. The van der Waals surface area contributed by atoms with Gasteiger partial charge >= 0.3 is 0 Å². The fourth-order valence-electron chi connectivity index (χ4n) is 0.783. The van der Waals surface area contributed by atoms with Crippen molar-refractivity contribution in [2.24, 2.45) is 0 Å². The van der Waals surface area contributed by atoms with Crippen molar-refractivity contribution in [3.63, 3.8) is 0 Å². The molecule has 0 saturated carbocycles. The van der Waals surface area contributed by atoms with Crippen LogP contribution >= 0.6 is 28.4 Å². The van der Waals surface area contributed by atoms with Crippen LogP contribution in [-0.4, -0.2) is 12.3 Å². The lowest BCUT2D eigenvalue weighted by Crippen LogP contribution is -3.00. The Hall–Kier alpha value is 1.04. The zero-order valence-electron chi connectivity index (χ0n) is 5.07. The van der Waals surface area contributed by atoms with Crippen molar-refractivity contribution in [3.05, 3.63) is 11.6 Å². The molecule has 54 valence electrons. The Morgan fingerprint density at radius 3 is 2.22 bits per heavy atom. The fourth-order valence-corrected chi connectivity index (χ4v) is 3.90. The van der Waals surface area contributed by atoms with E-state index in [-0.39, 0.29) is 12.4 Å². The van der Waals surface area contributed by atoms with E-state index in [1.807, 2.05) is 0 Å². The predicted octanol–water partition coefficient (Wildman–Crippen LogP) is 0.276. The van der Waals surface area contributed by atoms with Crippen LogP contribution in [0.3, 0.4) is 0 Å². The molecule has 0 bridgehead atoms. The molecule has 0 aromatic carbocycles. The monoisotopic (exact) mass is 204 g/mol. The summed E-state index contributed by atoms with van der Waals surface area (Å²) in [6.45, 7) is 2.08. The zero-order chi connectivity index (χ0) is 6.20. The van der Waals surface area contributed by atoms with E-state index in [4.69, 9.17) is 22.5 Å². The molecule has 0 aromatic rings. The van der Waals surface area contributed by atoms with Gasteiger partial charge in [-0.2, -0.15) is 0 Å². The third kappa shape index (κ3) is 3.09. The van der Waals surface area contributed by atoms with Crippen molar-refractivity contribution in [1.29, 1.82) is 0 Å². The van der Waals surface area contributed by atoms with E-state index < -0.39 is 5.97 Å². The minimum atomic E-state index is -1.50. The molecule has 1 rings (SSSR count). The average Bonchev–Trinajstić information content (AvgIpc) is 1.82. The van der Waals surface area contributed by atoms with Crippen LogP contribution in [0.5, 0.6) is 0 Å². The largest absolute Gasteiger partial charge is 1.00 e. The summed E-state index contributed by atoms with van der Waals surface area (Å²) in [5.41, 5.74) is 1.35. The first kappa shape index (κ1) is 10.0. The van der Waals surface area contributed by atoms with Gasteiger partial charge in [-0.1, -0.05) is 0 Å². The molecule has 0 amide bonds. The van der Waals surface area contributed by atoms with Gasteiger partial charge in [-0.3, -0.25) is 0 Å². The van der Waals surface area contributed by atoms with E-state index >= 15 is 0 Å². The number of rotatable bonds is 0. The average molecular weight is 205 g/mol. The summed E-state index contributed by atoms with van der Waals surface area (Å²) < 4.78 is 0. The summed E-state index contributed by atoms with van der Waals surface area (Å²) in [4.78, 5) is 0. The van der Waals surface area contributed by atoms with Gasteiger partial charge in [0.2, 0.25) is 5.97 Å². The molecule has 0 aromatic heterocycles. The predicted molar refractivity (Wildman–Crippen MR) is 42.1 cm³/mol. The van der Waals surface area contributed by atoms with Gasteiger partial charge < -0.3 is 12.4 Å². The topological polar surface area (TPSA) is 0 Å². The molecule has 4 heteroatoms. The Morgan fingerprint density at radius 1 is 1.56 bits per heavy atom. The Kier molecular flexibility index (Phi) is 3.83. The van der Waals surface area contributed by atoms with Crippen molar-refractivity contribution < 1.29 is 12.4 Å². The summed E-state index contributed by atoms with van der Waals surface area (Å²) in [5.74, 6) is -1.50. The third-order valence-electron chi connectivity index (χ3n) is 1.19. The van der Waals surface area contributed by atoms with E-state index in [0.29, 0.717) is 0 Å². The van der Waals surface area contributed by atoms with Gasteiger partial charge in [-0.25, -0.2) is 0 Å². The van der Waals surface area contributed by atoms with E-state index in [0.717, 1.165) is 12.3 Å². The highest BCUT2D eigenvalue weighted by molar-refractivity contribution is 8.17. The Bertz CT molecular complexity index is 130. The molecule has 0 spiro atoms. The SMILES string of the molecule is CC1=CC[P+](Cl)(Cl)C1.[Cl-]. The summed E-state index contributed by atoms with van der Waals surface area (Å²) in [7, 11) is 0. The van der Waals surface area contributed by atoms with E-state index in [9.17, 15) is 0 Å². The van der Waals surface area contributed by atoms with Gasteiger partial charge in [-0.15, -0.1) is 0 Å². The first-order valence-corrected chi connectivity index (χ1v) is 6.49. The number of hydrogen-bond acceptors (Lipinski definition) is 0. The molecule has 1 heterocycles. The molecule has 1 aliphatic rings.